The van der Waals surface area contributed by atoms with Crippen LogP contribution in [0.4, 0.5) is 5.69 Å². The SMILES string of the molecule is COc1ccc(C(=O)CSc2cccc(NC(=O)/C=C/C(=O)O)c2)cc1. The van der Waals surface area contributed by atoms with Crippen molar-refractivity contribution in [2.24, 2.45) is 0 Å². The molecule has 0 fully saturated rings. The molecular weight excluding hydrogens is 354 g/mol. The molecule has 0 aliphatic rings. The molecule has 2 rings (SSSR count). The van der Waals surface area contributed by atoms with Gasteiger partial charge in [-0.1, -0.05) is 6.07 Å². The first-order valence-corrected chi connectivity index (χ1v) is 8.58. The number of anilines is 1. The van der Waals surface area contributed by atoms with E-state index in [1.807, 2.05) is 6.07 Å². The van der Waals surface area contributed by atoms with Gasteiger partial charge in [0.25, 0.3) is 0 Å². The first-order chi connectivity index (χ1) is 12.5. The maximum atomic E-state index is 12.2. The maximum absolute atomic E-state index is 12.2. The molecule has 6 nitrogen and oxygen atoms in total. The number of methoxy groups -OCH3 is 1. The van der Waals surface area contributed by atoms with Crippen LogP contribution in [-0.2, 0) is 9.59 Å². The van der Waals surface area contributed by atoms with E-state index < -0.39 is 11.9 Å². The zero-order valence-electron chi connectivity index (χ0n) is 14.0. The Morgan fingerprint density at radius 3 is 2.50 bits per heavy atom. The number of ketones is 1. The molecule has 0 heterocycles. The molecule has 0 unspecified atom stereocenters. The molecule has 0 saturated carbocycles. The van der Waals surface area contributed by atoms with Gasteiger partial charge in [-0.2, -0.15) is 0 Å². The molecule has 0 bridgehead atoms. The summed E-state index contributed by atoms with van der Waals surface area (Å²) in [6.45, 7) is 0. The minimum atomic E-state index is -1.19. The van der Waals surface area contributed by atoms with Crippen molar-refractivity contribution in [2.45, 2.75) is 4.90 Å². The Kier molecular flexibility index (Phi) is 6.99. The lowest BCUT2D eigenvalue weighted by Gasteiger charge is -2.06. The normalized spacial score (nSPS) is 10.5. The van der Waals surface area contributed by atoms with E-state index in [0.29, 0.717) is 17.0 Å². The molecule has 0 aliphatic heterocycles. The van der Waals surface area contributed by atoms with E-state index in [4.69, 9.17) is 9.84 Å². The number of rotatable bonds is 8. The van der Waals surface area contributed by atoms with Crippen LogP contribution >= 0.6 is 11.8 Å². The predicted octanol–water partition coefficient (Wildman–Crippen LogP) is 3.25. The van der Waals surface area contributed by atoms with Crippen LogP contribution in [-0.4, -0.2) is 35.6 Å². The highest BCUT2D eigenvalue weighted by molar-refractivity contribution is 8.00. The predicted molar refractivity (Wildman–Crippen MR) is 99.9 cm³/mol. The van der Waals surface area contributed by atoms with Crippen LogP contribution in [0.3, 0.4) is 0 Å². The van der Waals surface area contributed by atoms with E-state index in [9.17, 15) is 14.4 Å². The average Bonchev–Trinajstić information content (AvgIpc) is 2.65. The summed E-state index contributed by atoms with van der Waals surface area (Å²) >= 11 is 1.35. The summed E-state index contributed by atoms with van der Waals surface area (Å²) < 4.78 is 5.07. The van der Waals surface area contributed by atoms with Gasteiger partial charge in [0.05, 0.1) is 12.9 Å². The fraction of sp³-hybridized carbons (Fsp3) is 0.105. The third kappa shape index (κ3) is 6.10. The topological polar surface area (TPSA) is 92.7 Å². The largest absolute Gasteiger partial charge is 0.497 e. The van der Waals surface area contributed by atoms with Crippen molar-refractivity contribution in [1.82, 2.24) is 0 Å². The molecule has 1 amide bonds. The highest BCUT2D eigenvalue weighted by Gasteiger charge is 2.08. The van der Waals surface area contributed by atoms with Crippen LogP contribution in [0.5, 0.6) is 5.75 Å². The number of hydrogen-bond donors (Lipinski definition) is 2. The van der Waals surface area contributed by atoms with Gasteiger partial charge in [0.15, 0.2) is 5.78 Å². The van der Waals surface area contributed by atoms with Crippen molar-refractivity contribution in [3.63, 3.8) is 0 Å². The van der Waals surface area contributed by atoms with Crippen molar-refractivity contribution >= 4 is 35.1 Å². The molecule has 0 aliphatic carbocycles. The Bertz CT molecular complexity index is 830. The van der Waals surface area contributed by atoms with Gasteiger partial charge in [0, 0.05) is 28.3 Å². The standard InChI is InChI=1S/C19H17NO5S/c1-25-15-7-5-13(6-8-15)17(21)12-26-16-4-2-3-14(11-16)20-18(22)9-10-19(23)24/h2-11H,12H2,1H3,(H,20,22)(H,23,24)/b10-9+. The lowest BCUT2D eigenvalue weighted by Crippen LogP contribution is -2.08. The second-order valence-corrected chi connectivity index (χ2v) is 6.18. The quantitative estimate of drug-likeness (QED) is 0.420. The Morgan fingerprint density at radius 2 is 1.85 bits per heavy atom. The van der Waals surface area contributed by atoms with E-state index in [-0.39, 0.29) is 11.5 Å². The number of carboxylic acids is 1. The number of carbonyl (C=O) groups excluding carboxylic acids is 2. The zero-order chi connectivity index (χ0) is 18.9. The van der Waals surface area contributed by atoms with Gasteiger partial charge in [0.1, 0.15) is 5.75 Å². The first kappa shape index (κ1) is 19.3. The van der Waals surface area contributed by atoms with Gasteiger partial charge >= 0.3 is 5.97 Å². The van der Waals surface area contributed by atoms with Gasteiger partial charge in [-0.25, -0.2) is 4.79 Å². The average molecular weight is 371 g/mol. The number of benzene rings is 2. The Labute approximate surface area is 154 Å². The van der Waals surface area contributed by atoms with E-state index in [1.165, 1.54) is 11.8 Å². The minimum absolute atomic E-state index is 0.0171. The number of hydrogen-bond acceptors (Lipinski definition) is 5. The third-order valence-electron chi connectivity index (χ3n) is 3.26. The van der Waals surface area contributed by atoms with E-state index in [1.54, 1.807) is 49.6 Å². The van der Waals surface area contributed by atoms with Gasteiger partial charge in [-0.15, -0.1) is 11.8 Å². The molecule has 134 valence electrons. The number of amides is 1. The van der Waals surface area contributed by atoms with Crippen molar-refractivity contribution < 1.29 is 24.2 Å². The fourth-order valence-electron chi connectivity index (χ4n) is 2.00. The van der Waals surface area contributed by atoms with E-state index in [0.717, 1.165) is 17.0 Å². The molecule has 7 heteroatoms. The number of aliphatic carboxylic acids is 1. The van der Waals surface area contributed by atoms with Crippen LogP contribution in [0.25, 0.3) is 0 Å². The van der Waals surface area contributed by atoms with Gasteiger partial charge in [-0.05, 0) is 42.5 Å². The second-order valence-electron chi connectivity index (χ2n) is 5.13. The second kappa shape index (κ2) is 9.43. The fourth-order valence-corrected chi connectivity index (χ4v) is 2.85. The number of Topliss-reactive ketones (excluding diaryl/α,β-unsaturated/α-hetero) is 1. The van der Waals surface area contributed by atoms with Crippen LogP contribution in [0.15, 0.2) is 65.6 Å². The molecule has 0 spiro atoms. The van der Waals surface area contributed by atoms with Gasteiger partial charge in [0.2, 0.25) is 5.91 Å². The number of carbonyl (C=O) groups is 3. The van der Waals surface area contributed by atoms with Crippen LogP contribution < -0.4 is 10.1 Å². The number of nitrogens with one attached hydrogen (secondary N) is 1. The first-order valence-electron chi connectivity index (χ1n) is 7.60. The van der Waals surface area contributed by atoms with Crippen molar-refractivity contribution in [3.8, 4) is 5.75 Å². The highest BCUT2D eigenvalue weighted by atomic mass is 32.2. The molecule has 2 aromatic carbocycles. The Hall–Kier alpha value is -3.06. The summed E-state index contributed by atoms with van der Waals surface area (Å²) in [5, 5.41) is 11.1. The summed E-state index contributed by atoms with van der Waals surface area (Å²) in [4.78, 5) is 35.0. The monoisotopic (exact) mass is 371 g/mol. The minimum Gasteiger partial charge on any atom is -0.497 e. The molecule has 2 N–H and O–H groups in total. The summed E-state index contributed by atoms with van der Waals surface area (Å²) in [6, 6.07) is 13.9. The third-order valence-corrected chi connectivity index (χ3v) is 4.25. The van der Waals surface area contributed by atoms with Crippen molar-refractivity contribution in [2.75, 3.05) is 18.2 Å². The van der Waals surface area contributed by atoms with Crippen LogP contribution in [0, 0.1) is 0 Å². The Morgan fingerprint density at radius 1 is 1.12 bits per heavy atom. The maximum Gasteiger partial charge on any atom is 0.328 e. The smallest absolute Gasteiger partial charge is 0.328 e. The molecule has 0 aromatic heterocycles. The van der Waals surface area contributed by atoms with E-state index in [2.05, 4.69) is 5.32 Å². The van der Waals surface area contributed by atoms with Gasteiger partial charge in [-0.3, -0.25) is 9.59 Å². The van der Waals surface area contributed by atoms with Crippen LogP contribution in [0.1, 0.15) is 10.4 Å². The molecule has 2 aromatic rings. The highest BCUT2D eigenvalue weighted by Crippen LogP contribution is 2.23. The summed E-state index contributed by atoms with van der Waals surface area (Å²) in [6.07, 6.45) is 1.71. The number of thioether (sulfide) groups is 1. The zero-order valence-corrected chi connectivity index (χ0v) is 14.8. The summed E-state index contributed by atoms with van der Waals surface area (Å²) in [5.74, 6) is -0.806. The van der Waals surface area contributed by atoms with Crippen molar-refractivity contribution in [1.29, 1.82) is 0 Å². The number of ether oxygens (including phenoxy) is 1. The summed E-state index contributed by atoms with van der Waals surface area (Å²) in [5.41, 5.74) is 1.12. The molecule has 0 saturated heterocycles. The van der Waals surface area contributed by atoms with Crippen molar-refractivity contribution in [3.05, 3.63) is 66.2 Å². The number of carboxylic acid groups (broad SMARTS) is 1. The lowest BCUT2D eigenvalue weighted by molar-refractivity contribution is -0.131. The Balaban J connectivity index is 1.94. The summed E-state index contributed by atoms with van der Waals surface area (Å²) in [7, 11) is 1.57. The van der Waals surface area contributed by atoms with E-state index >= 15 is 0 Å². The lowest BCUT2D eigenvalue weighted by atomic mass is 10.1. The molecular formula is C19H17NO5S. The van der Waals surface area contributed by atoms with Gasteiger partial charge < -0.3 is 15.2 Å². The molecule has 0 atom stereocenters. The molecule has 0 radical (unpaired) electrons. The molecule has 26 heavy (non-hydrogen) atoms. The van der Waals surface area contributed by atoms with Crippen LogP contribution in [0.2, 0.25) is 0 Å².